The molecule has 9 heteroatoms. The molecule has 2 aromatic rings. The first kappa shape index (κ1) is 20.7. The van der Waals surface area contributed by atoms with Gasteiger partial charge in [-0.1, -0.05) is 6.92 Å². The van der Waals surface area contributed by atoms with E-state index in [1.54, 1.807) is 37.3 Å². The Hall–Kier alpha value is -3.07. The summed E-state index contributed by atoms with van der Waals surface area (Å²) in [5, 5.41) is 2.74. The first-order chi connectivity index (χ1) is 13.8. The molecular weight excluding hydrogens is 394 g/mol. The third-order valence-electron chi connectivity index (χ3n) is 4.54. The van der Waals surface area contributed by atoms with Gasteiger partial charge in [-0.2, -0.15) is 8.42 Å². The number of amides is 1. The zero-order chi connectivity index (χ0) is 21.2. The van der Waals surface area contributed by atoms with E-state index in [1.165, 1.54) is 20.3 Å². The highest BCUT2D eigenvalue weighted by Crippen LogP contribution is 2.34. The number of hydrogen-bond acceptors (Lipinski definition) is 6. The third kappa shape index (κ3) is 4.04. The molecule has 0 saturated heterocycles. The van der Waals surface area contributed by atoms with Crippen LogP contribution in [0.3, 0.4) is 0 Å². The highest BCUT2D eigenvalue weighted by Gasteiger charge is 2.29. The lowest BCUT2D eigenvalue weighted by Gasteiger charge is -2.29. The molecule has 3 rings (SSSR count). The molecule has 8 nitrogen and oxygen atoms in total. The summed E-state index contributed by atoms with van der Waals surface area (Å²) in [6.07, 6.45) is 0.825. The van der Waals surface area contributed by atoms with E-state index in [1.807, 2.05) is 11.8 Å². The summed E-state index contributed by atoms with van der Waals surface area (Å²) in [6, 6.07) is 9.58. The highest BCUT2D eigenvalue weighted by molar-refractivity contribution is 7.90. The van der Waals surface area contributed by atoms with E-state index in [0.29, 0.717) is 35.3 Å². The topological polar surface area (TPSA) is 97.3 Å². The fourth-order valence-corrected chi connectivity index (χ4v) is 4.40. The molecule has 0 spiro atoms. The van der Waals surface area contributed by atoms with Gasteiger partial charge < -0.3 is 19.7 Å². The summed E-state index contributed by atoms with van der Waals surface area (Å²) in [5.74, 6) is 0.973. The molecule has 1 heterocycles. The number of carbonyl (C=O) groups excluding carboxylic acids is 1. The van der Waals surface area contributed by atoms with Crippen molar-refractivity contribution in [3.05, 3.63) is 42.0 Å². The molecule has 0 atom stereocenters. The van der Waals surface area contributed by atoms with E-state index >= 15 is 0 Å². The summed E-state index contributed by atoms with van der Waals surface area (Å²) in [6.45, 7) is 4.29. The molecule has 0 aliphatic carbocycles. The zero-order valence-corrected chi connectivity index (χ0v) is 17.5. The van der Waals surface area contributed by atoms with Crippen LogP contribution in [-0.4, -0.2) is 40.9 Å². The van der Waals surface area contributed by atoms with Crippen LogP contribution in [0.1, 0.15) is 30.6 Å². The van der Waals surface area contributed by atoms with Gasteiger partial charge in [0.15, 0.2) is 0 Å². The molecule has 2 aromatic carbocycles. The van der Waals surface area contributed by atoms with Crippen molar-refractivity contribution in [1.29, 1.82) is 0 Å². The van der Waals surface area contributed by atoms with Gasteiger partial charge in [0.25, 0.3) is 15.9 Å². The Balaban J connectivity index is 1.95. The number of hydrogen-bond donors (Lipinski definition) is 1. The standard InChI is InChI=1S/C20H23N3O5S/c1-5-10-23-13(2)22-29(25,26)19-11-14(6-9-17(19)23)20(24)21-16-8-7-15(27-3)12-18(16)28-4/h6-9,11-12H,5,10H2,1-4H3,(H,21,24). The summed E-state index contributed by atoms with van der Waals surface area (Å²) in [5.41, 5.74) is 1.18. The quantitative estimate of drug-likeness (QED) is 0.775. The van der Waals surface area contributed by atoms with E-state index in [0.717, 1.165) is 6.42 Å². The summed E-state index contributed by atoms with van der Waals surface area (Å²) >= 11 is 0. The number of ether oxygens (including phenoxy) is 2. The molecule has 0 unspecified atom stereocenters. The van der Waals surface area contributed by atoms with E-state index in [9.17, 15) is 13.2 Å². The SMILES string of the molecule is CCCN1C(C)=NS(=O)(=O)c2cc(C(=O)Nc3ccc(OC)cc3OC)ccc21. The molecule has 0 bridgehead atoms. The highest BCUT2D eigenvalue weighted by atomic mass is 32.2. The van der Waals surface area contributed by atoms with E-state index in [4.69, 9.17) is 9.47 Å². The molecule has 0 saturated carbocycles. The van der Waals surface area contributed by atoms with Crippen LogP contribution in [-0.2, 0) is 10.0 Å². The zero-order valence-electron chi connectivity index (χ0n) is 16.7. The molecule has 0 aromatic heterocycles. The number of fused-ring (bicyclic) bond motifs is 1. The molecule has 29 heavy (non-hydrogen) atoms. The van der Waals surface area contributed by atoms with Crippen molar-refractivity contribution in [2.45, 2.75) is 25.2 Å². The van der Waals surface area contributed by atoms with Crippen LogP contribution < -0.4 is 19.7 Å². The average molecular weight is 417 g/mol. The van der Waals surface area contributed by atoms with Crippen molar-refractivity contribution in [2.24, 2.45) is 4.40 Å². The smallest absolute Gasteiger partial charge is 0.286 e. The maximum absolute atomic E-state index is 12.8. The summed E-state index contributed by atoms with van der Waals surface area (Å²) in [4.78, 5) is 14.6. The summed E-state index contributed by atoms with van der Waals surface area (Å²) in [7, 11) is -0.849. The molecule has 0 fully saturated rings. The Kier molecular flexibility index (Phi) is 5.78. The molecule has 154 valence electrons. The van der Waals surface area contributed by atoms with Gasteiger partial charge >= 0.3 is 0 Å². The second-order valence-electron chi connectivity index (χ2n) is 6.47. The molecule has 1 N–H and O–H groups in total. The Bertz CT molecular complexity index is 1080. The Morgan fingerprint density at radius 3 is 2.55 bits per heavy atom. The maximum atomic E-state index is 12.8. The first-order valence-electron chi connectivity index (χ1n) is 9.07. The van der Waals surface area contributed by atoms with E-state index in [-0.39, 0.29) is 10.5 Å². The number of anilines is 2. The van der Waals surface area contributed by atoms with Gasteiger partial charge in [0.2, 0.25) is 0 Å². The van der Waals surface area contributed by atoms with Gasteiger partial charge in [0, 0.05) is 18.2 Å². The molecular formula is C20H23N3O5S. The third-order valence-corrected chi connectivity index (χ3v) is 5.93. The normalized spacial score (nSPS) is 14.6. The number of rotatable bonds is 6. The molecule has 0 radical (unpaired) electrons. The van der Waals surface area contributed by atoms with Gasteiger partial charge in [0.05, 0.1) is 25.6 Å². The van der Waals surface area contributed by atoms with E-state index in [2.05, 4.69) is 9.71 Å². The fraction of sp³-hybridized carbons (Fsp3) is 0.300. The van der Waals surface area contributed by atoms with Crippen molar-refractivity contribution in [2.75, 3.05) is 31.0 Å². The predicted octanol–water partition coefficient (Wildman–Crippen LogP) is 3.29. The van der Waals surface area contributed by atoms with Gasteiger partial charge in [-0.15, -0.1) is 4.40 Å². The van der Waals surface area contributed by atoms with Gasteiger partial charge in [0.1, 0.15) is 22.2 Å². The minimum Gasteiger partial charge on any atom is -0.497 e. The predicted molar refractivity (Wildman–Crippen MR) is 112 cm³/mol. The van der Waals surface area contributed by atoms with Gasteiger partial charge in [-0.3, -0.25) is 4.79 Å². The average Bonchev–Trinajstić information content (AvgIpc) is 2.70. The number of benzene rings is 2. The van der Waals surface area contributed by atoms with Gasteiger partial charge in [-0.25, -0.2) is 0 Å². The molecule has 1 aliphatic heterocycles. The van der Waals surface area contributed by atoms with Crippen LogP contribution in [0.2, 0.25) is 0 Å². The fourth-order valence-electron chi connectivity index (χ4n) is 3.13. The first-order valence-corrected chi connectivity index (χ1v) is 10.5. The minimum atomic E-state index is -3.87. The second kappa shape index (κ2) is 8.12. The number of sulfonamides is 1. The van der Waals surface area contributed by atoms with Crippen LogP contribution in [0.15, 0.2) is 45.7 Å². The van der Waals surface area contributed by atoms with Crippen LogP contribution >= 0.6 is 0 Å². The number of nitrogens with zero attached hydrogens (tertiary/aromatic N) is 2. The maximum Gasteiger partial charge on any atom is 0.286 e. The van der Waals surface area contributed by atoms with Crippen LogP contribution in [0.25, 0.3) is 0 Å². The Labute approximate surface area is 170 Å². The van der Waals surface area contributed by atoms with Crippen molar-refractivity contribution in [3.8, 4) is 11.5 Å². The Morgan fingerprint density at radius 2 is 1.90 bits per heavy atom. The van der Waals surface area contributed by atoms with Crippen molar-refractivity contribution < 1.29 is 22.7 Å². The lowest BCUT2D eigenvalue weighted by molar-refractivity contribution is 0.102. The van der Waals surface area contributed by atoms with Crippen molar-refractivity contribution >= 4 is 33.1 Å². The van der Waals surface area contributed by atoms with E-state index < -0.39 is 15.9 Å². The number of methoxy groups -OCH3 is 2. The lowest BCUT2D eigenvalue weighted by atomic mass is 10.1. The van der Waals surface area contributed by atoms with Crippen LogP contribution in [0.4, 0.5) is 11.4 Å². The Morgan fingerprint density at radius 1 is 1.14 bits per heavy atom. The monoisotopic (exact) mass is 417 g/mol. The number of carbonyl (C=O) groups is 1. The molecule has 1 amide bonds. The van der Waals surface area contributed by atoms with Gasteiger partial charge in [-0.05, 0) is 43.7 Å². The van der Waals surface area contributed by atoms with Crippen molar-refractivity contribution in [3.63, 3.8) is 0 Å². The minimum absolute atomic E-state index is 0.0193. The largest absolute Gasteiger partial charge is 0.497 e. The van der Waals surface area contributed by atoms with Crippen molar-refractivity contribution in [1.82, 2.24) is 0 Å². The van der Waals surface area contributed by atoms with Crippen LogP contribution in [0.5, 0.6) is 11.5 Å². The lowest BCUT2D eigenvalue weighted by Crippen LogP contribution is -2.34. The van der Waals surface area contributed by atoms with Crippen LogP contribution in [0, 0.1) is 0 Å². The number of amidine groups is 1. The number of nitrogens with one attached hydrogen (secondary N) is 1. The summed E-state index contributed by atoms with van der Waals surface area (Å²) < 4.78 is 39.4. The second-order valence-corrected chi connectivity index (χ2v) is 8.04. The molecule has 1 aliphatic rings.